The number of likely N-dealkylation sites (tertiary alicyclic amines) is 1. The van der Waals surface area contributed by atoms with Crippen LogP contribution in [0, 0.1) is 18.8 Å². The van der Waals surface area contributed by atoms with Crippen LogP contribution < -0.4 is 5.32 Å². The number of unbranched alkanes of at least 4 members (excludes halogenated alkanes) is 3. The van der Waals surface area contributed by atoms with Gasteiger partial charge in [-0.2, -0.15) is 0 Å². The van der Waals surface area contributed by atoms with Crippen LogP contribution in [0.5, 0.6) is 0 Å². The van der Waals surface area contributed by atoms with Crippen LogP contribution in [-0.4, -0.2) is 30.6 Å². The summed E-state index contributed by atoms with van der Waals surface area (Å²) in [6, 6.07) is 9.53. The van der Waals surface area contributed by atoms with Gasteiger partial charge in [0.2, 0.25) is 0 Å². The molecule has 0 bridgehead atoms. The molecule has 0 spiro atoms. The van der Waals surface area contributed by atoms with E-state index in [1.807, 2.05) is 0 Å². The van der Waals surface area contributed by atoms with Gasteiger partial charge in [-0.15, -0.1) is 0 Å². The second-order valence-electron chi connectivity index (χ2n) is 10.0. The second kappa shape index (κ2) is 11.8. The van der Waals surface area contributed by atoms with Crippen molar-refractivity contribution in [3.05, 3.63) is 47.7 Å². The molecule has 3 rings (SSSR count). The van der Waals surface area contributed by atoms with E-state index >= 15 is 0 Å². The molecule has 1 heterocycles. The highest BCUT2D eigenvalue weighted by atomic mass is 15.2. The van der Waals surface area contributed by atoms with E-state index in [1.165, 1.54) is 87.7 Å². The number of hydrogen-bond donors (Lipinski definition) is 1. The Balaban J connectivity index is 1.39. The zero-order valence-corrected chi connectivity index (χ0v) is 19.1. The Morgan fingerprint density at radius 2 is 1.86 bits per heavy atom. The van der Waals surface area contributed by atoms with Crippen LogP contribution in [-0.2, 0) is 6.42 Å². The Bertz CT molecular complexity index is 601. The van der Waals surface area contributed by atoms with Gasteiger partial charge in [0.25, 0.3) is 0 Å². The average molecular weight is 397 g/mol. The van der Waals surface area contributed by atoms with Crippen molar-refractivity contribution in [3.63, 3.8) is 0 Å². The lowest BCUT2D eigenvalue weighted by Crippen LogP contribution is -2.41. The normalized spacial score (nSPS) is 21.1. The predicted molar refractivity (Wildman–Crippen MR) is 126 cm³/mol. The van der Waals surface area contributed by atoms with E-state index in [0.29, 0.717) is 6.04 Å². The van der Waals surface area contributed by atoms with Crippen LogP contribution >= 0.6 is 0 Å². The molecule has 0 radical (unpaired) electrons. The minimum absolute atomic E-state index is 0.467. The Labute approximate surface area is 180 Å². The minimum atomic E-state index is 0.467. The molecular weight excluding hydrogens is 352 g/mol. The van der Waals surface area contributed by atoms with Crippen molar-refractivity contribution in [3.8, 4) is 0 Å². The van der Waals surface area contributed by atoms with Crippen molar-refractivity contribution < 1.29 is 0 Å². The molecule has 1 aliphatic carbocycles. The van der Waals surface area contributed by atoms with E-state index in [1.54, 1.807) is 0 Å². The molecule has 29 heavy (non-hydrogen) atoms. The fourth-order valence-corrected chi connectivity index (χ4v) is 4.94. The number of allylic oxidation sites excluding steroid dienone is 1. The van der Waals surface area contributed by atoms with E-state index in [4.69, 9.17) is 0 Å². The van der Waals surface area contributed by atoms with Crippen LogP contribution in [0.2, 0.25) is 0 Å². The smallest absolute Gasteiger partial charge is 0.0425 e. The SMILES string of the molecule is C=C(CCCCCCC1CCC1)N[C@@H](Cc1ccc(C)cc1)CN1CC[C@@H](C)C1. The van der Waals surface area contributed by atoms with Crippen molar-refractivity contribution >= 4 is 0 Å². The number of nitrogens with one attached hydrogen (secondary N) is 1. The molecule has 2 fully saturated rings. The fourth-order valence-electron chi connectivity index (χ4n) is 4.94. The quantitative estimate of drug-likeness (QED) is 0.383. The number of rotatable bonds is 13. The molecule has 2 heteroatoms. The van der Waals surface area contributed by atoms with E-state index < -0.39 is 0 Å². The fraction of sp³-hybridized carbons (Fsp3) is 0.704. The first-order valence-electron chi connectivity index (χ1n) is 12.3. The zero-order valence-electron chi connectivity index (χ0n) is 19.1. The molecule has 2 nitrogen and oxygen atoms in total. The first kappa shape index (κ1) is 22.4. The van der Waals surface area contributed by atoms with Gasteiger partial charge in [-0.3, -0.25) is 0 Å². The molecule has 1 saturated heterocycles. The first-order valence-corrected chi connectivity index (χ1v) is 12.3. The monoisotopic (exact) mass is 396 g/mol. The summed E-state index contributed by atoms with van der Waals surface area (Å²) in [6.07, 6.45) is 15.0. The maximum absolute atomic E-state index is 4.38. The Hall–Kier alpha value is -1.28. The van der Waals surface area contributed by atoms with Gasteiger partial charge < -0.3 is 10.2 Å². The highest BCUT2D eigenvalue weighted by molar-refractivity contribution is 5.22. The standard InChI is InChI=1S/C27H44N2/c1-22-13-15-26(16-14-22)19-27(21-29-18-17-23(2)20-29)28-24(3)9-6-4-5-7-10-25-11-8-12-25/h13-16,23,25,27-28H,3-12,17-21H2,1-2H3/t23-,27+/m1/s1. The number of hydrogen-bond acceptors (Lipinski definition) is 2. The van der Waals surface area contributed by atoms with Crippen LogP contribution in [0.15, 0.2) is 36.5 Å². The Morgan fingerprint density at radius 1 is 1.10 bits per heavy atom. The molecule has 2 atom stereocenters. The van der Waals surface area contributed by atoms with Gasteiger partial charge in [-0.25, -0.2) is 0 Å². The Morgan fingerprint density at radius 3 is 2.52 bits per heavy atom. The number of nitrogens with zero attached hydrogens (tertiary/aromatic N) is 1. The summed E-state index contributed by atoms with van der Waals surface area (Å²) in [5, 5.41) is 3.81. The molecule has 0 amide bonds. The van der Waals surface area contributed by atoms with E-state index in [0.717, 1.165) is 31.2 Å². The largest absolute Gasteiger partial charge is 0.384 e. The molecule has 1 saturated carbocycles. The van der Waals surface area contributed by atoms with Crippen LogP contribution in [0.3, 0.4) is 0 Å². The third-order valence-corrected chi connectivity index (χ3v) is 7.06. The molecule has 1 N–H and O–H groups in total. The zero-order chi connectivity index (χ0) is 20.5. The van der Waals surface area contributed by atoms with Gasteiger partial charge in [-0.1, -0.05) is 88.3 Å². The van der Waals surface area contributed by atoms with Crippen LogP contribution in [0.4, 0.5) is 0 Å². The lowest BCUT2D eigenvalue weighted by atomic mass is 9.81. The van der Waals surface area contributed by atoms with Crippen molar-refractivity contribution in [2.45, 2.75) is 90.5 Å². The summed E-state index contributed by atoms with van der Waals surface area (Å²) >= 11 is 0. The van der Waals surface area contributed by atoms with Crippen LogP contribution in [0.1, 0.15) is 82.3 Å². The predicted octanol–water partition coefficient (Wildman–Crippen LogP) is 6.49. The molecule has 0 aromatic heterocycles. The average Bonchev–Trinajstić information content (AvgIpc) is 3.06. The summed E-state index contributed by atoms with van der Waals surface area (Å²) in [4.78, 5) is 2.64. The lowest BCUT2D eigenvalue weighted by Gasteiger charge is -2.27. The topological polar surface area (TPSA) is 15.3 Å². The highest BCUT2D eigenvalue weighted by Gasteiger charge is 2.22. The maximum atomic E-state index is 4.38. The van der Waals surface area contributed by atoms with Gasteiger partial charge in [0.15, 0.2) is 0 Å². The molecule has 2 aliphatic rings. The Kier molecular flexibility index (Phi) is 9.11. The van der Waals surface area contributed by atoms with Gasteiger partial charge in [0.05, 0.1) is 0 Å². The lowest BCUT2D eigenvalue weighted by molar-refractivity contribution is 0.285. The summed E-state index contributed by atoms with van der Waals surface area (Å²) in [6.45, 7) is 12.6. The summed E-state index contributed by atoms with van der Waals surface area (Å²) in [5.41, 5.74) is 4.02. The van der Waals surface area contributed by atoms with E-state index in [-0.39, 0.29) is 0 Å². The summed E-state index contributed by atoms with van der Waals surface area (Å²) < 4.78 is 0. The third kappa shape index (κ3) is 8.16. The molecule has 1 aliphatic heterocycles. The molecular formula is C27H44N2. The number of benzene rings is 1. The summed E-state index contributed by atoms with van der Waals surface area (Å²) in [7, 11) is 0. The van der Waals surface area contributed by atoms with Crippen molar-refractivity contribution in [1.82, 2.24) is 10.2 Å². The molecule has 162 valence electrons. The first-order chi connectivity index (χ1) is 14.1. The molecule has 0 unspecified atom stereocenters. The second-order valence-corrected chi connectivity index (χ2v) is 10.0. The summed E-state index contributed by atoms with van der Waals surface area (Å²) in [5.74, 6) is 1.92. The third-order valence-electron chi connectivity index (χ3n) is 7.06. The van der Waals surface area contributed by atoms with Crippen molar-refractivity contribution in [2.24, 2.45) is 11.8 Å². The van der Waals surface area contributed by atoms with Crippen molar-refractivity contribution in [2.75, 3.05) is 19.6 Å². The molecule has 1 aromatic rings. The van der Waals surface area contributed by atoms with Gasteiger partial charge in [-0.05, 0) is 56.6 Å². The van der Waals surface area contributed by atoms with Crippen molar-refractivity contribution in [1.29, 1.82) is 0 Å². The van der Waals surface area contributed by atoms with E-state index in [2.05, 4.69) is 54.9 Å². The number of aryl methyl sites for hydroxylation is 1. The van der Waals surface area contributed by atoms with Gasteiger partial charge in [0.1, 0.15) is 0 Å². The van der Waals surface area contributed by atoms with Crippen LogP contribution in [0.25, 0.3) is 0 Å². The van der Waals surface area contributed by atoms with E-state index in [9.17, 15) is 0 Å². The van der Waals surface area contributed by atoms with Gasteiger partial charge >= 0.3 is 0 Å². The minimum Gasteiger partial charge on any atom is -0.384 e. The van der Waals surface area contributed by atoms with Gasteiger partial charge in [0, 0.05) is 24.8 Å². The molecule has 1 aromatic carbocycles. The highest BCUT2D eigenvalue weighted by Crippen LogP contribution is 2.31. The maximum Gasteiger partial charge on any atom is 0.0425 e.